The van der Waals surface area contributed by atoms with Gasteiger partial charge < -0.3 is 15.0 Å². The van der Waals surface area contributed by atoms with Crippen molar-refractivity contribution in [2.75, 3.05) is 43.5 Å². The van der Waals surface area contributed by atoms with Gasteiger partial charge in [-0.1, -0.05) is 11.3 Å². The van der Waals surface area contributed by atoms with E-state index in [1.807, 2.05) is 29.2 Å². The van der Waals surface area contributed by atoms with E-state index in [0.29, 0.717) is 5.82 Å². The number of thiazole rings is 1. The van der Waals surface area contributed by atoms with Crippen LogP contribution in [-0.2, 0) is 9.53 Å². The van der Waals surface area contributed by atoms with Gasteiger partial charge in [0.05, 0.1) is 5.69 Å². The predicted molar refractivity (Wildman–Crippen MR) is 127 cm³/mol. The number of piperazine rings is 1. The first-order valence-electron chi connectivity index (χ1n) is 10.5. The highest BCUT2D eigenvalue weighted by Gasteiger charge is 2.23. The maximum atomic E-state index is 11.1. The van der Waals surface area contributed by atoms with Gasteiger partial charge in [-0.05, 0) is 18.2 Å². The number of hydrogen-bond donors (Lipinski definition) is 1. The summed E-state index contributed by atoms with van der Waals surface area (Å²) in [5.74, 6) is 0.716. The number of pyridine rings is 2. The van der Waals surface area contributed by atoms with Crippen LogP contribution in [0.25, 0.3) is 21.6 Å². The Morgan fingerprint density at radius 3 is 2.70 bits per heavy atom. The van der Waals surface area contributed by atoms with Crippen molar-refractivity contribution in [3.8, 4) is 11.3 Å². The summed E-state index contributed by atoms with van der Waals surface area (Å²) < 4.78 is 5.23. The smallest absolute Gasteiger partial charge is 0.190 e. The molecule has 1 saturated heterocycles. The highest BCUT2D eigenvalue weighted by Crippen LogP contribution is 2.29. The van der Waals surface area contributed by atoms with Crippen LogP contribution in [0.5, 0.6) is 0 Å². The van der Waals surface area contributed by atoms with Crippen LogP contribution in [0.4, 0.5) is 16.6 Å². The van der Waals surface area contributed by atoms with Crippen LogP contribution in [0, 0.1) is 0 Å². The summed E-state index contributed by atoms with van der Waals surface area (Å²) in [6, 6.07) is 7.86. The second-order valence-corrected chi connectivity index (χ2v) is 8.45. The molecule has 0 aliphatic carbocycles. The number of carbonyl (C=O) groups excluding carboxylic acids is 1. The third-order valence-corrected chi connectivity index (χ3v) is 6.37. The number of aromatic nitrogens is 5. The van der Waals surface area contributed by atoms with Gasteiger partial charge in [-0.3, -0.25) is 9.69 Å². The van der Waals surface area contributed by atoms with E-state index in [1.54, 1.807) is 25.7 Å². The molecular formula is C22H22N8O2S. The Morgan fingerprint density at radius 1 is 1.12 bits per heavy atom. The van der Waals surface area contributed by atoms with Crippen LogP contribution < -0.4 is 10.2 Å². The molecule has 5 rings (SSSR count). The van der Waals surface area contributed by atoms with E-state index < -0.39 is 6.23 Å². The van der Waals surface area contributed by atoms with Crippen LogP contribution in [0.3, 0.4) is 0 Å². The molecule has 0 aromatic carbocycles. The molecule has 0 bridgehead atoms. The van der Waals surface area contributed by atoms with Crippen LogP contribution in [0.2, 0.25) is 0 Å². The number of carbonyl (C=O) groups is 1. The number of nitrogens with one attached hydrogen (secondary N) is 1. The molecule has 1 aliphatic heterocycles. The SMILES string of the molecule is COC(C=O)N1CCN(c2ccnc(Nc3nc4ccc(-c5cncnc5)nc4s3)c2)CC1. The second-order valence-electron chi connectivity index (χ2n) is 7.48. The molecule has 0 saturated carbocycles. The summed E-state index contributed by atoms with van der Waals surface area (Å²) in [5, 5.41) is 4.03. The Kier molecular flexibility index (Phi) is 6.15. The number of nitrogens with zero attached hydrogens (tertiary/aromatic N) is 7. The summed E-state index contributed by atoms with van der Waals surface area (Å²) in [6.45, 7) is 3.10. The van der Waals surface area contributed by atoms with Gasteiger partial charge in [-0.15, -0.1) is 0 Å². The van der Waals surface area contributed by atoms with Crippen molar-refractivity contribution in [2.45, 2.75) is 6.23 Å². The quantitative estimate of drug-likeness (QED) is 0.412. The number of methoxy groups -OCH3 is 1. The first kappa shape index (κ1) is 21.3. The lowest BCUT2D eigenvalue weighted by molar-refractivity contribution is -0.127. The van der Waals surface area contributed by atoms with Gasteiger partial charge >= 0.3 is 0 Å². The van der Waals surface area contributed by atoms with Crippen molar-refractivity contribution in [3.05, 3.63) is 49.2 Å². The first-order valence-corrected chi connectivity index (χ1v) is 11.3. The Bertz CT molecular complexity index is 1240. The molecular weight excluding hydrogens is 440 g/mol. The van der Waals surface area contributed by atoms with E-state index in [1.165, 1.54) is 17.7 Å². The normalized spacial score (nSPS) is 15.5. The van der Waals surface area contributed by atoms with Gasteiger partial charge in [0.1, 0.15) is 22.5 Å². The third-order valence-electron chi connectivity index (χ3n) is 5.49. The Morgan fingerprint density at radius 2 is 1.94 bits per heavy atom. The molecule has 10 nitrogen and oxygen atoms in total. The molecule has 1 unspecified atom stereocenters. The Hall–Kier alpha value is -3.54. The standard InChI is InChI=1S/C22H22N8O2S/c1-32-20(13-31)30-8-6-29(7-9-30)16-4-5-25-19(10-16)28-22-27-18-3-2-17(26-21(18)33-22)15-11-23-14-24-12-15/h2-5,10-14,20H,6-9H2,1H3,(H,25,27,28). The number of anilines is 3. The summed E-state index contributed by atoms with van der Waals surface area (Å²) >= 11 is 1.47. The molecule has 1 fully saturated rings. The minimum Gasteiger partial charge on any atom is -0.369 e. The van der Waals surface area contributed by atoms with Crippen LogP contribution in [0.15, 0.2) is 49.2 Å². The zero-order chi connectivity index (χ0) is 22.6. The predicted octanol–water partition coefficient (Wildman–Crippen LogP) is 2.58. The van der Waals surface area contributed by atoms with E-state index >= 15 is 0 Å². The number of ether oxygens (including phenoxy) is 1. The fourth-order valence-electron chi connectivity index (χ4n) is 3.78. The summed E-state index contributed by atoms with van der Waals surface area (Å²) in [4.78, 5) is 38.2. The molecule has 33 heavy (non-hydrogen) atoms. The van der Waals surface area contributed by atoms with E-state index in [2.05, 4.69) is 30.2 Å². The molecule has 4 aromatic heterocycles. The van der Waals surface area contributed by atoms with Crippen molar-refractivity contribution >= 4 is 44.6 Å². The lowest BCUT2D eigenvalue weighted by Crippen LogP contribution is -2.51. The zero-order valence-electron chi connectivity index (χ0n) is 18.0. The summed E-state index contributed by atoms with van der Waals surface area (Å²) in [6.07, 6.45) is 7.12. The lowest BCUT2D eigenvalue weighted by atomic mass is 10.2. The molecule has 0 spiro atoms. The number of hydrogen-bond acceptors (Lipinski definition) is 11. The zero-order valence-corrected chi connectivity index (χ0v) is 18.8. The molecule has 1 N–H and O–H groups in total. The van der Waals surface area contributed by atoms with Gasteiger partial charge in [0.15, 0.2) is 17.6 Å². The van der Waals surface area contributed by atoms with Crippen molar-refractivity contribution < 1.29 is 9.53 Å². The topological polar surface area (TPSA) is 109 Å². The van der Waals surface area contributed by atoms with Crippen molar-refractivity contribution in [2.24, 2.45) is 0 Å². The largest absolute Gasteiger partial charge is 0.369 e. The molecule has 0 radical (unpaired) electrons. The van der Waals surface area contributed by atoms with Gasteiger partial charge in [0.2, 0.25) is 0 Å². The maximum absolute atomic E-state index is 11.1. The molecule has 11 heteroatoms. The molecule has 1 aliphatic rings. The van der Waals surface area contributed by atoms with Crippen molar-refractivity contribution in [1.29, 1.82) is 0 Å². The fraction of sp³-hybridized carbons (Fsp3) is 0.273. The summed E-state index contributed by atoms with van der Waals surface area (Å²) in [5.41, 5.74) is 3.56. The maximum Gasteiger partial charge on any atom is 0.190 e. The van der Waals surface area contributed by atoms with Gasteiger partial charge in [0.25, 0.3) is 0 Å². The van der Waals surface area contributed by atoms with Crippen molar-refractivity contribution in [3.63, 3.8) is 0 Å². The van der Waals surface area contributed by atoms with E-state index in [4.69, 9.17) is 9.72 Å². The molecule has 0 amide bonds. The average Bonchev–Trinajstić information content (AvgIpc) is 3.27. The van der Waals surface area contributed by atoms with Gasteiger partial charge in [-0.25, -0.2) is 24.9 Å². The first-order chi connectivity index (χ1) is 16.2. The highest BCUT2D eigenvalue weighted by molar-refractivity contribution is 7.21. The Balaban J connectivity index is 1.29. The summed E-state index contributed by atoms with van der Waals surface area (Å²) in [7, 11) is 1.56. The molecule has 1 atom stereocenters. The number of aldehydes is 1. The monoisotopic (exact) mass is 462 g/mol. The van der Waals surface area contributed by atoms with Gasteiger partial charge in [-0.2, -0.15) is 0 Å². The molecule has 168 valence electrons. The van der Waals surface area contributed by atoms with E-state index in [9.17, 15) is 4.79 Å². The third kappa shape index (κ3) is 4.65. The average molecular weight is 463 g/mol. The number of rotatable bonds is 7. The number of fused-ring (bicyclic) bond motifs is 1. The van der Waals surface area contributed by atoms with Crippen molar-refractivity contribution in [1.82, 2.24) is 29.8 Å². The van der Waals surface area contributed by atoms with Crippen LogP contribution >= 0.6 is 11.3 Å². The van der Waals surface area contributed by atoms with Gasteiger partial charge in [0, 0.05) is 69.2 Å². The van der Waals surface area contributed by atoms with E-state index in [-0.39, 0.29) is 0 Å². The van der Waals surface area contributed by atoms with E-state index in [0.717, 1.165) is 64.9 Å². The highest BCUT2D eigenvalue weighted by atomic mass is 32.1. The molecule has 4 aromatic rings. The minimum absolute atomic E-state index is 0.482. The van der Waals surface area contributed by atoms with Crippen LogP contribution in [-0.4, -0.2) is 75.6 Å². The lowest BCUT2D eigenvalue weighted by Gasteiger charge is -2.37. The van der Waals surface area contributed by atoms with Crippen LogP contribution in [0.1, 0.15) is 0 Å². The minimum atomic E-state index is -0.482. The fourth-order valence-corrected chi connectivity index (χ4v) is 4.63. The molecule has 5 heterocycles. The second kappa shape index (κ2) is 9.53. The Labute approximate surface area is 194 Å².